The van der Waals surface area contributed by atoms with E-state index in [2.05, 4.69) is 26.0 Å². The van der Waals surface area contributed by atoms with Crippen molar-refractivity contribution in [2.24, 2.45) is 0 Å². The van der Waals surface area contributed by atoms with Crippen LogP contribution in [0.1, 0.15) is 44.6 Å². The van der Waals surface area contributed by atoms with E-state index in [1.807, 2.05) is 0 Å². The van der Waals surface area contributed by atoms with Crippen molar-refractivity contribution >= 4 is 11.6 Å². The van der Waals surface area contributed by atoms with Gasteiger partial charge in [-0.25, -0.2) is 4.39 Å². The number of hydrogen-bond acceptors (Lipinski definition) is 0. The first-order valence-corrected chi connectivity index (χ1v) is 6.17. The Labute approximate surface area is 102 Å². The van der Waals surface area contributed by atoms with Crippen LogP contribution in [0.15, 0.2) is 30.4 Å². The highest BCUT2D eigenvalue weighted by atomic mass is 35.5. The van der Waals surface area contributed by atoms with Crippen molar-refractivity contribution in [3.63, 3.8) is 0 Å². The first-order valence-electron chi connectivity index (χ1n) is 5.79. The summed E-state index contributed by atoms with van der Waals surface area (Å²) in [6, 6.07) is 4.88. The fourth-order valence-corrected chi connectivity index (χ4v) is 2.13. The van der Waals surface area contributed by atoms with Gasteiger partial charge in [-0.05, 0) is 37.3 Å². The molecule has 16 heavy (non-hydrogen) atoms. The SMILES string of the molecule is CC/C=C\CC(CC)c1c(F)cccc1Cl. The lowest BCUT2D eigenvalue weighted by molar-refractivity contribution is 0.569. The standard InChI is InChI=1S/C14H18ClF/c1-3-5-6-8-11(4-2)14-12(15)9-7-10-13(14)16/h5-7,9-11H,3-4,8H2,1-2H3/b6-5-. The number of rotatable bonds is 5. The molecule has 0 aliphatic heterocycles. The van der Waals surface area contributed by atoms with Gasteiger partial charge >= 0.3 is 0 Å². The highest BCUT2D eigenvalue weighted by molar-refractivity contribution is 6.31. The summed E-state index contributed by atoms with van der Waals surface area (Å²) in [5.74, 6) is -0.0132. The van der Waals surface area contributed by atoms with Crippen LogP contribution in [0.2, 0.25) is 5.02 Å². The van der Waals surface area contributed by atoms with Gasteiger partial charge < -0.3 is 0 Å². The highest BCUT2D eigenvalue weighted by Crippen LogP contribution is 2.32. The van der Waals surface area contributed by atoms with Gasteiger partial charge in [0, 0.05) is 10.6 Å². The van der Waals surface area contributed by atoms with Crippen molar-refractivity contribution < 1.29 is 4.39 Å². The molecule has 0 aliphatic carbocycles. The second-order valence-corrected chi connectivity index (χ2v) is 4.26. The Bertz CT molecular complexity index is 338. The maximum Gasteiger partial charge on any atom is 0.128 e. The molecule has 0 fully saturated rings. The van der Waals surface area contributed by atoms with Crippen LogP contribution in [0.25, 0.3) is 0 Å². The van der Waals surface area contributed by atoms with Gasteiger partial charge in [0.2, 0.25) is 0 Å². The number of hydrogen-bond donors (Lipinski definition) is 0. The Balaban J connectivity index is 2.90. The maximum atomic E-state index is 13.7. The molecule has 1 unspecified atom stereocenters. The zero-order valence-electron chi connectivity index (χ0n) is 9.84. The average Bonchev–Trinajstić information content (AvgIpc) is 2.26. The molecule has 0 saturated carbocycles. The lowest BCUT2D eigenvalue weighted by Crippen LogP contribution is -2.00. The molecule has 0 bridgehead atoms. The Morgan fingerprint density at radius 2 is 2.06 bits per heavy atom. The third-order valence-electron chi connectivity index (χ3n) is 2.72. The molecule has 1 atom stereocenters. The van der Waals surface area contributed by atoms with E-state index in [1.54, 1.807) is 12.1 Å². The summed E-state index contributed by atoms with van der Waals surface area (Å²) >= 11 is 6.05. The van der Waals surface area contributed by atoms with Crippen LogP contribution >= 0.6 is 11.6 Å². The molecule has 0 nitrogen and oxygen atoms in total. The van der Waals surface area contributed by atoms with Gasteiger partial charge in [0.15, 0.2) is 0 Å². The van der Waals surface area contributed by atoms with Crippen LogP contribution in [-0.2, 0) is 0 Å². The normalized spacial score (nSPS) is 13.2. The van der Waals surface area contributed by atoms with Gasteiger partial charge in [-0.1, -0.05) is 43.7 Å². The van der Waals surface area contributed by atoms with E-state index in [1.165, 1.54) is 6.07 Å². The van der Waals surface area contributed by atoms with Crippen LogP contribution in [0.4, 0.5) is 4.39 Å². The van der Waals surface area contributed by atoms with Crippen LogP contribution in [0.3, 0.4) is 0 Å². The minimum atomic E-state index is -0.191. The lowest BCUT2D eigenvalue weighted by Gasteiger charge is -2.15. The van der Waals surface area contributed by atoms with Crippen molar-refractivity contribution in [3.8, 4) is 0 Å². The summed E-state index contributed by atoms with van der Waals surface area (Å²) in [7, 11) is 0. The van der Waals surface area contributed by atoms with Crippen molar-refractivity contribution in [1.29, 1.82) is 0 Å². The van der Waals surface area contributed by atoms with Crippen LogP contribution in [0, 0.1) is 5.82 Å². The van der Waals surface area contributed by atoms with E-state index < -0.39 is 0 Å². The highest BCUT2D eigenvalue weighted by Gasteiger charge is 2.15. The number of halogens is 2. The summed E-state index contributed by atoms with van der Waals surface area (Å²) < 4.78 is 13.7. The molecule has 0 N–H and O–H groups in total. The third-order valence-corrected chi connectivity index (χ3v) is 3.05. The first-order chi connectivity index (χ1) is 7.70. The zero-order valence-corrected chi connectivity index (χ0v) is 10.6. The van der Waals surface area contributed by atoms with Crippen molar-refractivity contribution in [1.82, 2.24) is 0 Å². The van der Waals surface area contributed by atoms with E-state index in [9.17, 15) is 4.39 Å². The summed E-state index contributed by atoms with van der Waals surface area (Å²) in [4.78, 5) is 0. The lowest BCUT2D eigenvalue weighted by atomic mass is 9.92. The molecule has 1 aromatic rings. The zero-order chi connectivity index (χ0) is 12.0. The molecule has 0 saturated heterocycles. The molecule has 1 rings (SSSR count). The topological polar surface area (TPSA) is 0 Å². The Kier molecular flexibility index (Phi) is 5.54. The van der Waals surface area contributed by atoms with Gasteiger partial charge in [-0.2, -0.15) is 0 Å². The van der Waals surface area contributed by atoms with E-state index in [0.717, 1.165) is 19.3 Å². The Morgan fingerprint density at radius 1 is 1.31 bits per heavy atom. The number of benzene rings is 1. The van der Waals surface area contributed by atoms with Crippen molar-refractivity contribution in [2.45, 2.75) is 39.0 Å². The van der Waals surface area contributed by atoms with Gasteiger partial charge in [-0.15, -0.1) is 0 Å². The Hall–Kier alpha value is -0.820. The molecule has 2 heteroatoms. The largest absolute Gasteiger partial charge is 0.207 e. The number of allylic oxidation sites excluding steroid dienone is 2. The summed E-state index contributed by atoms with van der Waals surface area (Å²) in [6.07, 6.45) is 6.98. The van der Waals surface area contributed by atoms with Gasteiger partial charge in [0.25, 0.3) is 0 Å². The molecule has 0 radical (unpaired) electrons. The van der Waals surface area contributed by atoms with E-state index in [0.29, 0.717) is 10.6 Å². The molecule has 1 aromatic carbocycles. The van der Waals surface area contributed by atoms with E-state index in [4.69, 9.17) is 11.6 Å². The fraction of sp³-hybridized carbons (Fsp3) is 0.429. The van der Waals surface area contributed by atoms with Gasteiger partial charge in [-0.3, -0.25) is 0 Å². The van der Waals surface area contributed by atoms with Crippen LogP contribution < -0.4 is 0 Å². The second kappa shape index (κ2) is 6.70. The average molecular weight is 241 g/mol. The smallest absolute Gasteiger partial charge is 0.128 e. The van der Waals surface area contributed by atoms with E-state index >= 15 is 0 Å². The quantitative estimate of drug-likeness (QED) is 0.611. The van der Waals surface area contributed by atoms with Crippen molar-refractivity contribution in [2.75, 3.05) is 0 Å². The minimum absolute atomic E-state index is 0.177. The minimum Gasteiger partial charge on any atom is -0.207 e. The van der Waals surface area contributed by atoms with E-state index in [-0.39, 0.29) is 11.7 Å². The van der Waals surface area contributed by atoms with Gasteiger partial charge in [0.05, 0.1) is 0 Å². The predicted molar refractivity (Wildman–Crippen MR) is 68.5 cm³/mol. The Morgan fingerprint density at radius 3 is 2.62 bits per heavy atom. The fourth-order valence-electron chi connectivity index (χ4n) is 1.82. The van der Waals surface area contributed by atoms with Crippen LogP contribution in [-0.4, -0.2) is 0 Å². The molecule has 88 valence electrons. The summed E-state index contributed by atoms with van der Waals surface area (Å²) in [6.45, 7) is 4.15. The molecule has 0 aromatic heterocycles. The maximum absolute atomic E-state index is 13.7. The monoisotopic (exact) mass is 240 g/mol. The molecule has 0 aliphatic rings. The second-order valence-electron chi connectivity index (χ2n) is 3.86. The molecular weight excluding hydrogens is 223 g/mol. The molecular formula is C14H18ClF. The molecule has 0 heterocycles. The summed E-state index contributed by atoms with van der Waals surface area (Å²) in [5, 5.41) is 0.539. The third kappa shape index (κ3) is 3.34. The molecule has 0 amide bonds. The predicted octanol–water partition coefficient (Wildman–Crippen LogP) is 5.33. The first kappa shape index (κ1) is 13.2. The van der Waals surface area contributed by atoms with Gasteiger partial charge in [0.1, 0.15) is 5.82 Å². The molecule has 0 spiro atoms. The summed E-state index contributed by atoms with van der Waals surface area (Å²) in [5.41, 5.74) is 0.660. The van der Waals surface area contributed by atoms with Crippen LogP contribution in [0.5, 0.6) is 0 Å². The van der Waals surface area contributed by atoms with Crippen molar-refractivity contribution in [3.05, 3.63) is 46.8 Å².